The van der Waals surface area contributed by atoms with E-state index in [1.54, 1.807) is 60.7 Å². The van der Waals surface area contributed by atoms with Gasteiger partial charge in [0, 0.05) is 21.3 Å². The normalized spacial score (nSPS) is 10.2. The van der Waals surface area contributed by atoms with Crippen molar-refractivity contribution in [3.63, 3.8) is 0 Å². The summed E-state index contributed by atoms with van der Waals surface area (Å²) in [6.45, 7) is -0.216. The summed E-state index contributed by atoms with van der Waals surface area (Å²) in [7, 11) is 1.53. The summed E-state index contributed by atoms with van der Waals surface area (Å²) in [6, 6.07) is 18.3. The molecule has 0 aliphatic heterocycles. The van der Waals surface area contributed by atoms with Crippen LogP contribution >= 0.6 is 23.2 Å². The third-order valence-corrected chi connectivity index (χ3v) is 4.43. The molecule has 0 atom stereocenters. The summed E-state index contributed by atoms with van der Waals surface area (Å²) in [5.74, 6) is 0.303. The molecule has 0 radical (unpaired) electrons. The third kappa shape index (κ3) is 5.89. The SMILES string of the molecule is COc1ccccc1NC(=O)c1ccc(NC(=O)COc2cc(Cl)cc(Cl)c2)cc1. The first-order valence-electron chi connectivity index (χ1n) is 8.88. The van der Waals surface area contributed by atoms with Gasteiger partial charge < -0.3 is 20.1 Å². The molecule has 8 heteroatoms. The molecular formula is C22H18Cl2N2O4. The molecule has 6 nitrogen and oxygen atoms in total. The Kier molecular flexibility index (Phi) is 7.17. The summed E-state index contributed by atoms with van der Waals surface area (Å²) in [5.41, 5.74) is 1.53. The zero-order valence-corrected chi connectivity index (χ0v) is 17.5. The van der Waals surface area contributed by atoms with Gasteiger partial charge in [0.25, 0.3) is 11.8 Å². The summed E-state index contributed by atoms with van der Waals surface area (Å²) in [4.78, 5) is 24.5. The van der Waals surface area contributed by atoms with E-state index >= 15 is 0 Å². The van der Waals surface area contributed by atoms with Crippen molar-refractivity contribution in [1.82, 2.24) is 0 Å². The Balaban J connectivity index is 1.55. The molecule has 2 amide bonds. The van der Waals surface area contributed by atoms with Crippen LogP contribution in [0.25, 0.3) is 0 Å². The van der Waals surface area contributed by atoms with Gasteiger partial charge in [-0.2, -0.15) is 0 Å². The van der Waals surface area contributed by atoms with E-state index in [0.717, 1.165) is 0 Å². The second kappa shape index (κ2) is 10.0. The maximum Gasteiger partial charge on any atom is 0.262 e. The van der Waals surface area contributed by atoms with Crippen LogP contribution in [0.2, 0.25) is 10.0 Å². The molecule has 3 aromatic carbocycles. The van der Waals surface area contributed by atoms with Gasteiger partial charge in [-0.05, 0) is 54.6 Å². The van der Waals surface area contributed by atoms with Crippen molar-refractivity contribution >= 4 is 46.4 Å². The van der Waals surface area contributed by atoms with Gasteiger partial charge in [0.2, 0.25) is 0 Å². The second-order valence-corrected chi connectivity index (χ2v) is 7.05. The van der Waals surface area contributed by atoms with Crippen molar-refractivity contribution in [2.45, 2.75) is 0 Å². The van der Waals surface area contributed by atoms with Crippen LogP contribution in [0, 0.1) is 0 Å². The molecule has 154 valence electrons. The molecule has 2 N–H and O–H groups in total. The Labute approximate surface area is 183 Å². The lowest BCUT2D eigenvalue weighted by atomic mass is 10.2. The average Bonchev–Trinajstić information content (AvgIpc) is 2.72. The Morgan fingerprint density at radius 3 is 2.23 bits per heavy atom. The summed E-state index contributed by atoms with van der Waals surface area (Å²) < 4.78 is 10.6. The number of hydrogen-bond donors (Lipinski definition) is 2. The van der Waals surface area contributed by atoms with Gasteiger partial charge in [-0.1, -0.05) is 35.3 Å². The number of ether oxygens (including phenoxy) is 2. The van der Waals surface area contributed by atoms with E-state index in [0.29, 0.717) is 38.5 Å². The Morgan fingerprint density at radius 2 is 1.57 bits per heavy atom. The maximum absolute atomic E-state index is 12.4. The minimum Gasteiger partial charge on any atom is -0.495 e. The number of halogens is 2. The van der Waals surface area contributed by atoms with E-state index in [9.17, 15) is 9.59 Å². The molecule has 0 heterocycles. The fourth-order valence-electron chi connectivity index (χ4n) is 2.61. The number of benzene rings is 3. The van der Waals surface area contributed by atoms with Gasteiger partial charge in [0.15, 0.2) is 6.61 Å². The fraction of sp³-hybridized carbons (Fsp3) is 0.0909. The topological polar surface area (TPSA) is 76.7 Å². The van der Waals surface area contributed by atoms with Crippen LogP contribution in [0.5, 0.6) is 11.5 Å². The standard InChI is InChI=1S/C22H18Cl2N2O4/c1-29-20-5-3-2-4-19(20)26-22(28)14-6-8-17(9-7-14)25-21(27)13-30-18-11-15(23)10-16(24)12-18/h2-12H,13H2,1H3,(H,25,27)(H,26,28). The molecule has 0 aromatic heterocycles. The number of rotatable bonds is 7. The molecule has 0 unspecified atom stereocenters. The van der Waals surface area contributed by atoms with Crippen LogP contribution in [0.3, 0.4) is 0 Å². The lowest BCUT2D eigenvalue weighted by Gasteiger charge is -2.11. The maximum atomic E-state index is 12.4. The molecule has 3 rings (SSSR count). The first-order chi connectivity index (χ1) is 14.4. The van der Waals surface area contributed by atoms with Crippen molar-refractivity contribution < 1.29 is 19.1 Å². The van der Waals surface area contributed by atoms with Crippen LogP contribution in [0.4, 0.5) is 11.4 Å². The molecule has 0 spiro atoms. The largest absolute Gasteiger partial charge is 0.495 e. The highest BCUT2D eigenvalue weighted by Gasteiger charge is 2.10. The predicted molar refractivity (Wildman–Crippen MR) is 118 cm³/mol. The van der Waals surface area contributed by atoms with E-state index in [4.69, 9.17) is 32.7 Å². The smallest absolute Gasteiger partial charge is 0.262 e. The summed E-state index contributed by atoms with van der Waals surface area (Å²) in [6.07, 6.45) is 0. The number of methoxy groups -OCH3 is 1. The van der Waals surface area contributed by atoms with Gasteiger partial charge in [-0.3, -0.25) is 9.59 Å². The minimum absolute atomic E-state index is 0.216. The number of para-hydroxylation sites is 2. The lowest BCUT2D eigenvalue weighted by molar-refractivity contribution is -0.118. The second-order valence-electron chi connectivity index (χ2n) is 6.17. The molecule has 0 saturated carbocycles. The van der Waals surface area contributed by atoms with Crippen LogP contribution < -0.4 is 20.1 Å². The highest BCUT2D eigenvalue weighted by molar-refractivity contribution is 6.34. The monoisotopic (exact) mass is 444 g/mol. The van der Waals surface area contributed by atoms with Gasteiger partial charge in [0.1, 0.15) is 11.5 Å². The number of carbonyl (C=O) groups is 2. The van der Waals surface area contributed by atoms with E-state index < -0.39 is 0 Å². The number of hydrogen-bond acceptors (Lipinski definition) is 4. The molecule has 0 bridgehead atoms. The first kappa shape index (κ1) is 21.5. The quantitative estimate of drug-likeness (QED) is 0.520. The number of anilines is 2. The highest BCUT2D eigenvalue weighted by Crippen LogP contribution is 2.25. The van der Waals surface area contributed by atoms with Gasteiger partial charge in [-0.15, -0.1) is 0 Å². The fourth-order valence-corrected chi connectivity index (χ4v) is 3.11. The zero-order valence-electron chi connectivity index (χ0n) is 15.9. The Hall–Kier alpha value is -3.22. The van der Waals surface area contributed by atoms with Gasteiger partial charge in [-0.25, -0.2) is 0 Å². The van der Waals surface area contributed by atoms with Crippen LogP contribution in [0.1, 0.15) is 10.4 Å². The van der Waals surface area contributed by atoms with Crippen molar-refractivity contribution in [3.8, 4) is 11.5 Å². The predicted octanol–water partition coefficient (Wildman–Crippen LogP) is 5.27. The van der Waals surface area contributed by atoms with E-state index in [1.807, 2.05) is 6.07 Å². The van der Waals surface area contributed by atoms with Crippen molar-refractivity contribution in [3.05, 3.63) is 82.3 Å². The Morgan fingerprint density at radius 1 is 0.900 bits per heavy atom. The highest BCUT2D eigenvalue weighted by atomic mass is 35.5. The number of amides is 2. The average molecular weight is 445 g/mol. The van der Waals surface area contributed by atoms with E-state index in [2.05, 4.69) is 10.6 Å². The van der Waals surface area contributed by atoms with Gasteiger partial charge >= 0.3 is 0 Å². The van der Waals surface area contributed by atoms with Crippen molar-refractivity contribution in [1.29, 1.82) is 0 Å². The van der Waals surface area contributed by atoms with Crippen molar-refractivity contribution in [2.24, 2.45) is 0 Å². The molecular weight excluding hydrogens is 427 g/mol. The minimum atomic E-state index is -0.364. The van der Waals surface area contributed by atoms with Crippen molar-refractivity contribution in [2.75, 3.05) is 24.4 Å². The van der Waals surface area contributed by atoms with E-state index in [1.165, 1.54) is 7.11 Å². The Bertz CT molecular complexity index is 1040. The van der Waals surface area contributed by atoms with Crippen LogP contribution in [-0.4, -0.2) is 25.5 Å². The van der Waals surface area contributed by atoms with Crippen LogP contribution in [0.15, 0.2) is 66.7 Å². The lowest BCUT2D eigenvalue weighted by Crippen LogP contribution is -2.20. The molecule has 30 heavy (non-hydrogen) atoms. The zero-order chi connectivity index (χ0) is 21.5. The van der Waals surface area contributed by atoms with Gasteiger partial charge in [0.05, 0.1) is 12.8 Å². The molecule has 0 fully saturated rings. The molecule has 0 saturated heterocycles. The van der Waals surface area contributed by atoms with E-state index in [-0.39, 0.29) is 18.4 Å². The molecule has 0 aliphatic carbocycles. The molecule has 0 aliphatic rings. The third-order valence-electron chi connectivity index (χ3n) is 3.99. The number of carbonyl (C=O) groups excluding carboxylic acids is 2. The summed E-state index contributed by atoms with van der Waals surface area (Å²) in [5, 5.41) is 6.32. The number of nitrogens with one attached hydrogen (secondary N) is 2. The van der Waals surface area contributed by atoms with Crippen LogP contribution in [-0.2, 0) is 4.79 Å². The first-order valence-corrected chi connectivity index (χ1v) is 9.63. The summed E-state index contributed by atoms with van der Waals surface area (Å²) >= 11 is 11.8. The molecule has 3 aromatic rings.